The smallest absolute Gasteiger partial charge is 0.254 e. The van der Waals surface area contributed by atoms with Crippen molar-refractivity contribution in [2.45, 2.75) is 45.7 Å². The number of aromatic hydroxyl groups is 1. The van der Waals surface area contributed by atoms with Crippen LogP contribution < -0.4 is 0 Å². The summed E-state index contributed by atoms with van der Waals surface area (Å²) in [7, 11) is 0. The molecule has 1 N–H and O–H groups in total. The Hall–Kier alpha value is -1.58. The topological polar surface area (TPSA) is 40.5 Å². The van der Waals surface area contributed by atoms with Gasteiger partial charge in [0.25, 0.3) is 5.91 Å². The molecule has 0 radical (unpaired) electrons. The van der Waals surface area contributed by atoms with Gasteiger partial charge in [0.15, 0.2) is 0 Å². The number of phenols is 1. The minimum Gasteiger partial charge on any atom is -0.507 e. The molecule has 1 fully saturated rings. The molecule has 1 aromatic rings. The number of hydrogen-bond acceptors (Lipinski definition) is 2. The number of halogens is 1. The third-order valence-electron chi connectivity index (χ3n) is 3.78. The van der Waals surface area contributed by atoms with Gasteiger partial charge in [-0.25, -0.2) is 4.39 Å². The van der Waals surface area contributed by atoms with Gasteiger partial charge < -0.3 is 10.0 Å². The molecular formula is C16H22FNO2. The van der Waals surface area contributed by atoms with Crippen LogP contribution in [0.3, 0.4) is 0 Å². The summed E-state index contributed by atoms with van der Waals surface area (Å²) >= 11 is 0. The van der Waals surface area contributed by atoms with E-state index in [4.69, 9.17) is 0 Å². The average Bonchev–Trinajstić information content (AvgIpc) is 2.33. The van der Waals surface area contributed by atoms with Gasteiger partial charge in [-0.1, -0.05) is 27.7 Å². The van der Waals surface area contributed by atoms with Crippen molar-refractivity contribution in [3.8, 4) is 5.75 Å². The maximum Gasteiger partial charge on any atom is 0.254 e. The highest BCUT2D eigenvalue weighted by molar-refractivity contribution is 5.95. The van der Waals surface area contributed by atoms with Crippen LogP contribution in [0.15, 0.2) is 12.1 Å². The van der Waals surface area contributed by atoms with Crippen LogP contribution in [0.4, 0.5) is 4.39 Å². The number of carbonyl (C=O) groups excluding carboxylic acids is 1. The number of nitrogens with zero attached hydrogens (tertiary/aromatic N) is 1. The summed E-state index contributed by atoms with van der Waals surface area (Å²) in [6.45, 7) is 8.27. The lowest BCUT2D eigenvalue weighted by Gasteiger charge is -2.34. The van der Waals surface area contributed by atoms with Gasteiger partial charge in [-0.3, -0.25) is 4.79 Å². The number of phenolic OH excluding ortho intramolecular Hbond substituents is 1. The Bertz CT molecular complexity index is 490. The molecule has 0 saturated carbocycles. The van der Waals surface area contributed by atoms with Crippen molar-refractivity contribution in [1.82, 2.24) is 4.90 Å². The molecule has 1 aliphatic rings. The molecule has 3 nitrogen and oxygen atoms in total. The van der Waals surface area contributed by atoms with Crippen molar-refractivity contribution in [1.29, 1.82) is 0 Å². The van der Waals surface area contributed by atoms with E-state index < -0.39 is 6.17 Å². The summed E-state index contributed by atoms with van der Waals surface area (Å²) in [6.07, 6.45) is -0.898. The molecule has 0 aromatic heterocycles. The van der Waals surface area contributed by atoms with Gasteiger partial charge >= 0.3 is 0 Å². The number of likely N-dealkylation sites (tertiary alicyclic amines) is 1. The van der Waals surface area contributed by atoms with Gasteiger partial charge in [-0.2, -0.15) is 0 Å². The van der Waals surface area contributed by atoms with Gasteiger partial charge in [0.1, 0.15) is 11.9 Å². The molecule has 0 atom stereocenters. The van der Waals surface area contributed by atoms with Gasteiger partial charge in [-0.05, 0) is 35.1 Å². The monoisotopic (exact) mass is 279 g/mol. The van der Waals surface area contributed by atoms with E-state index in [0.717, 1.165) is 11.1 Å². The Morgan fingerprint density at radius 3 is 2.00 bits per heavy atom. The lowest BCUT2D eigenvalue weighted by molar-refractivity contribution is 0.0400. The first-order valence-electron chi connectivity index (χ1n) is 7.11. The highest BCUT2D eigenvalue weighted by Gasteiger charge is 2.31. The Morgan fingerprint density at radius 2 is 1.65 bits per heavy atom. The van der Waals surface area contributed by atoms with Crippen LogP contribution in [0.25, 0.3) is 0 Å². The summed E-state index contributed by atoms with van der Waals surface area (Å²) in [4.78, 5) is 13.8. The van der Waals surface area contributed by atoms with Crippen molar-refractivity contribution >= 4 is 5.91 Å². The minimum absolute atomic E-state index is 0.130. The first-order chi connectivity index (χ1) is 9.31. The molecule has 1 aliphatic heterocycles. The zero-order chi connectivity index (χ0) is 15.0. The van der Waals surface area contributed by atoms with E-state index >= 15 is 0 Å². The average molecular weight is 279 g/mol. The minimum atomic E-state index is -0.898. The number of alkyl halides is 1. The fourth-order valence-corrected chi connectivity index (χ4v) is 2.46. The zero-order valence-corrected chi connectivity index (χ0v) is 12.5. The van der Waals surface area contributed by atoms with E-state index in [1.54, 1.807) is 12.1 Å². The Labute approximate surface area is 119 Å². The Kier molecular flexibility index (Phi) is 4.02. The lowest BCUT2D eigenvalue weighted by Crippen LogP contribution is -2.51. The number of carbonyl (C=O) groups is 1. The highest BCUT2D eigenvalue weighted by atomic mass is 19.1. The van der Waals surface area contributed by atoms with Crippen LogP contribution in [0.2, 0.25) is 0 Å². The molecule has 1 heterocycles. The summed E-state index contributed by atoms with van der Waals surface area (Å²) in [5.41, 5.74) is 2.09. The number of hydrogen-bond donors (Lipinski definition) is 1. The first kappa shape index (κ1) is 14.8. The largest absolute Gasteiger partial charge is 0.507 e. The van der Waals surface area contributed by atoms with Crippen molar-refractivity contribution in [3.63, 3.8) is 0 Å². The van der Waals surface area contributed by atoms with E-state index in [1.165, 1.54) is 4.90 Å². The van der Waals surface area contributed by atoms with Crippen LogP contribution in [-0.4, -0.2) is 35.2 Å². The summed E-state index contributed by atoms with van der Waals surface area (Å²) < 4.78 is 12.9. The molecule has 1 saturated heterocycles. The van der Waals surface area contributed by atoms with E-state index in [9.17, 15) is 14.3 Å². The van der Waals surface area contributed by atoms with Crippen LogP contribution >= 0.6 is 0 Å². The molecule has 0 bridgehead atoms. The molecule has 2 rings (SSSR count). The summed E-state index contributed by atoms with van der Waals surface area (Å²) in [5.74, 6) is 0.386. The van der Waals surface area contributed by atoms with E-state index in [-0.39, 0.29) is 36.6 Å². The predicted molar refractivity (Wildman–Crippen MR) is 77.1 cm³/mol. The highest BCUT2D eigenvalue weighted by Crippen LogP contribution is 2.35. The standard InChI is InChI=1S/C16H22FNO2/c1-9(2)13-5-11(6-14(10(3)4)15(13)19)16(20)18-7-12(17)8-18/h5-6,9-10,12,19H,7-8H2,1-4H3. The SMILES string of the molecule is CC(C)c1cc(C(=O)N2CC(F)C2)cc(C(C)C)c1O. The predicted octanol–water partition coefficient (Wildman–Crippen LogP) is 3.43. The van der Waals surface area contributed by atoms with Crippen LogP contribution in [0.1, 0.15) is 61.0 Å². The molecule has 0 unspecified atom stereocenters. The third-order valence-corrected chi connectivity index (χ3v) is 3.78. The van der Waals surface area contributed by atoms with Crippen LogP contribution in [0.5, 0.6) is 5.75 Å². The lowest BCUT2D eigenvalue weighted by atomic mass is 9.91. The molecule has 110 valence electrons. The van der Waals surface area contributed by atoms with Gasteiger partial charge in [0.2, 0.25) is 0 Å². The molecule has 1 amide bonds. The number of amides is 1. The molecule has 4 heteroatoms. The second-order valence-electron chi connectivity index (χ2n) is 6.12. The quantitative estimate of drug-likeness (QED) is 0.920. The molecule has 0 aliphatic carbocycles. The van der Waals surface area contributed by atoms with Gasteiger partial charge in [0, 0.05) is 5.56 Å². The van der Waals surface area contributed by atoms with Crippen molar-refractivity contribution < 1.29 is 14.3 Å². The van der Waals surface area contributed by atoms with Gasteiger partial charge in [-0.15, -0.1) is 0 Å². The maximum absolute atomic E-state index is 12.9. The van der Waals surface area contributed by atoms with E-state index in [1.807, 2.05) is 27.7 Å². The second-order valence-corrected chi connectivity index (χ2v) is 6.12. The molecule has 0 spiro atoms. The fourth-order valence-electron chi connectivity index (χ4n) is 2.46. The van der Waals surface area contributed by atoms with E-state index in [0.29, 0.717) is 5.56 Å². The molecule has 1 aromatic carbocycles. The fraction of sp³-hybridized carbons (Fsp3) is 0.562. The van der Waals surface area contributed by atoms with E-state index in [2.05, 4.69) is 0 Å². The number of rotatable bonds is 3. The normalized spacial score (nSPS) is 15.8. The second kappa shape index (κ2) is 5.43. The maximum atomic E-state index is 12.9. The zero-order valence-electron chi connectivity index (χ0n) is 12.5. The van der Waals surface area contributed by atoms with Gasteiger partial charge in [0.05, 0.1) is 13.1 Å². The third kappa shape index (κ3) is 2.65. The van der Waals surface area contributed by atoms with Crippen LogP contribution in [0, 0.1) is 0 Å². The van der Waals surface area contributed by atoms with Crippen molar-refractivity contribution in [2.24, 2.45) is 0 Å². The summed E-state index contributed by atoms with van der Waals surface area (Å²) in [5, 5.41) is 10.3. The van der Waals surface area contributed by atoms with Crippen molar-refractivity contribution in [2.75, 3.05) is 13.1 Å². The number of benzene rings is 1. The first-order valence-corrected chi connectivity index (χ1v) is 7.11. The molecule has 20 heavy (non-hydrogen) atoms. The Morgan fingerprint density at radius 1 is 1.20 bits per heavy atom. The van der Waals surface area contributed by atoms with Crippen LogP contribution in [-0.2, 0) is 0 Å². The summed E-state index contributed by atoms with van der Waals surface area (Å²) in [6, 6.07) is 3.47. The Balaban J connectivity index is 2.40. The molecular weight excluding hydrogens is 257 g/mol. The van der Waals surface area contributed by atoms with Crippen molar-refractivity contribution in [3.05, 3.63) is 28.8 Å².